The van der Waals surface area contributed by atoms with Crippen LogP contribution in [0.1, 0.15) is 18.5 Å². The molecule has 0 bridgehead atoms. The average Bonchev–Trinajstić information content (AvgIpc) is 3.01. The van der Waals surface area contributed by atoms with Gasteiger partial charge in [0, 0.05) is 30.9 Å². The lowest BCUT2D eigenvalue weighted by atomic mass is 10.1. The van der Waals surface area contributed by atoms with Crippen molar-refractivity contribution in [1.29, 1.82) is 0 Å². The summed E-state index contributed by atoms with van der Waals surface area (Å²) in [5.41, 5.74) is 1.95. The predicted octanol–water partition coefficient (Wildman–Crippen LogP) is 3.74. The molecule has 0 N–H and O–H groups in total. The minimum absolute atomic E-state index is 0.0839. The van der Waals surface area contributed by atoms with Gasteiger partial charge in [0.25, 0.3) is 11.5 Å². The first-order valence-electron chi connectivity index (χ1n) is 9.70. The van der Waals surface area contributed by atoms with Gasteiger partial charge in [-0.2, -0.15) is 0 Å². The van der Waals surface area contributed by atoms with Crippen molar-refractivity contribution in [3.05, 3.63) is 62.8 Å². The van der Waals surface area contributed by atoms with E-state index in [0.717, 1.165) is 18.5 Å². The molecular weight excluding hydrogens is 427 g/mol. The molecule has 0 saturated heterocycles. The van der Waals surface area contributed by atoms with Crippen molar-refractivity contribution in [1.82, 2.24) is 14.3 Å². The lowest BCUT2D eigenvalue weighted by Crippen LogP contribution is -2.38. The number of rotatable bonds is 3. The Morgan fingerprint density at radius 3 is 2.60 bits per heavy atom. The van der Waals surface area contributed by atoms with Crippen LogP contribution in [0, 0.1) is 0 Å². The maximum atomic E-state index is 13.1. The number of amides is 1. The molecule has 2 aliphatic heterocycles. The Bertz CT molecular complexity index is 1200. The van der Waals surface area contributed by atoms with Crippen molar-refractivity contribution in [2.75, 3.05) is 11.5 Å². The van der Waals surface area contributed by atoms with E-state index in [9.17, 15) is 9.59 Å². The van der Waals surface area contributed by atoms with Crippen LogP contribution in [0.2, 0.25) is 10.2 Å². The smallest absolute Gasteiger partial charge is 0.276 e. The maximum absolute atomic E-state index is 13.1. The number of aromatic nitrogens is 3. The molecule has 0 unspecified atom stereocenters. The number of nitrogens with zero attached hydrogens (tertiary/aromatic N) is 4. The largest absolute Gasteiger partial charge is 0.482 e. The Morgan fingerprint density at radius 1 is 1.07 bits per heavy atom. The molecule has 4 heterocycles. The molecule has 2 aromatic heterocycles. The zero-order valence-corrected chi connectivity index (χ0v) is 17.5. The van der Waals surface area contributed by atoms with Crippen LogP contribution < -0.4 is 15.2 Å². The minimum Gasteiger partial charge on any atom is -0.482 e. The number of hydrogen-bond acceptors (Lipinski definition) is 4. The zero-order chi connectivity index (χ0) is 20.8. The Morgan fingerprint density at radius 2 is 1.87 bits per heavy atom. The predicted molar refractivity (Wildman–Crippen MR) is 114 cm³/mol. The topological polar surface area (TPSA) is 69.4 Å². The molecule has 30 heavy (non-hydrogen) atoms. The molecule has 5 rings (SSSR count). The highest BCUT2D eigenvalue weighted by atomic mass is 35.5. The van der Waals surface area contributed by atoms with Crippen LogP contribution in [-0.4, -0.2) is 26.9 Å². The maximum Gasteiger partial charge on any atom is 0.276 e. The molecule has 0 aliphatic carbocycles. The van der Waals surface area contributed by atoms with E-state index in [4.69, 9.17) is 27.9 Å². The number of halogens is 2. The van der Waals surface area contributed by atoms with Crippen molar-refractivity contribution in [2.24, 2.45) is 0 Å². The molecule has 2 aliphatic rings. The Hall–Kier alpha value is -2.77. The van der Waals surface area contributed by atoms with Gasteiger partial charge in [0.15, 0.2) is 6.61 Å². The van der Waals surface area contributed by atoms with Crippen molar-refractivity contribution >= 4 is 34.8 Å². The van der Waals surface area contributed by atoms with E-state index < -0.39 is 0 Å². The summed E-state index contributed by atoms with van der Waals surface area (Å²) in [6.45, 7) is 1.51. The molecule has 7 nitrogen and oxygen atoms in total. The molecule has 0 spiro atoms. The molecule has 1 amide bonds. The highest BCUT2D eigenvalue weighted by Crippen LogP contribution is 2.42. The zero-order valence-electron chi connectivity index (χ0n) is 16.0. The van der Waals surface area contributed by atoms with E-state index in [2.05, 4.69) is 4.98 Å². The number of benzene rings is 1. The number of fused-ring (bicyclic) bond motifs is 2. The van der Waals surface area contributed by atoms with E-state index in [1.54, 1.807) is 32.6 Å². The number of pyridine rings is 1. The standard InChI is InChI=1S/C21H18Cl2N4O3/c22-15-10-17-16(25(18(28)12-30-17)11-13-5-1-2-6-24-13)9-14(15)19-20(23)26-7-3-4-8-27(26)21(19)29/h1-2,5-6,9-10H,3-4,7-8,11-12H2. The summed E-state index contributed by atoms with van der Waals surface area (Å²) in [7, 11) is 0. The van der Waals surface area contributed by atoms with Crippen LogP contribution in [0.25, 0.3) is 11.1 Å². The number of carbonyl (C=O) groups excluding carboxylic acids is 1. The summed E-state index contributed by atoms with van der Waals surface area (Å²) < 4.78 is 9.05. The second-order valence-corrected chi connectivity index (χ2v) is 8.08. The van der Waals surface area contributed by atoms with Gasteiger partial charge in [-0.15, -0.1) is 0 Å². The van der Waals surface area contributed by atoms with Crippen LogP contribution in [0.15, 0.2) is 41.3 Å². The van der Waals surface area contributed by atoms with Gasteiger partial charge in [-0.05, 0) is 31.0 Å². The van der Waals surface area contributed by atoms with Crippen LogP contribution in [-0.2, 0) is 24.4 Å². The Kier molecular flexibility index (Phi) is 4.79. The molecule has 3 aromatic rings. The van der Waals surface area contributed by atoms with Crippen LogP contribution in [0.5, 0.6) is 5.75 Å². The summed E-state index contributed by atoms with van der Waals surface area (Å²) in [6, 6.07) is 8.90. The lowest BCUT2D eigenvalue weighted by molar-refractivity contribution is -0.121. The van der Waals surface area contributed by atoms with Crippen LogP contribution in [0.3, 0.4) is 0 Å². The van der Waals surface area contributed by atoms with E-state index >= 15 is 0 Å². The van der Waals surface area contributed by atoms with Gasteiger partial charge in [0.05, 0.1) is 28.5 Å². The van der Waals surface area contributed by atoms with Gasteiger partial charge < -0.3 is 4.74 Å². The second-order valence-electron chi connectivity index (χ2n) is 7.31. The van der Waals surface area contributed by atoms with Gasteiger partial charge in [0.2, 0.25) is 0 Å². The first-order chi connectivity index (χ1) is 14.5. The van der Waals surface area contributed by atoms with Gasteiger partial charge in [0.1, 0.15) is 10.9 Å². The first kappa shape index (κ1) is 19.2. The first-order valence-corrected chi connectivity index (χ1v) is 10.5. The van der Waals surface area contributed by atoms with Gasteiger partial charge >= 0.3 is 0 Å². The highest BCUT2D eigenvalue weighted by Gasteiger charge is 2.30. The normalized spacial score (nSPS) is 15.5. The lowest BCUT2D eigenvalue weighted by Gasteiger charge is -2.30. The van der Waals surface area contributed by atoms with E-state index in [1.807, 2.05) is 18.2 Å². The Labute approximate surface area is 182 Å². The van der Waals surface area contributed by atoms with E-state index in [-0.39, 0.29) is 24.6 Å². The summed E-state index contributed by atoms with van der Waals surface area (Å²) >= 11 is 13.1. The van der Waals surface area contributed by atoms with E-state index in [1.165, 1.54) is 0 Å². The number of hydrogen-bond donors (Lipinski definition) is 0. The van der Waals surface area contributed by atoms with Crippen molar-refractivity contribution in [3.63, 3.8) is 0 Å². The third-order valence-electron chi connectivity index (χ3n) is 5.47. The summed E-state index contributed by atoms with van der Waals surface area (Å²) in [6.07, 6.45) is 3.57. The third-order valence-corrected chi connectivity index (χ3v) is 6.17. The molecule has 1 aromatic carbocycles. The van der Waals surface area contributed by atoms with E-state index in [0.29, 0.717) is 45.8 Å². The van der Waals surface area contributed by atoms with Crippen molar-refractivity contribution in [2.45, 2.75) is 32.5 Å². The molecule has 0 saturated carbocycles. The SMILES string of the molecule is O=C1COc2cc(Cl)c(-c3c(Cl)n4n(c3=O)CCCC4)cc2N1Cc1ccccn1. The number of anilines is 1. The quantitative estimate of drug-likeness (QED) is 0.616. The third kappa shape index (κ3) is 3.09. The highest BCUT2D eigenvalue weighted by molar-refractivity contribution is 6.36. The van der Waals surface area contributed by atoms with Gasteiger partial charge in [-0.1, -0.05) is 29.3 Å². The summed E-state index contributed by atoms with van der Waals surface area (Å²) in [5, 5.41) is 0.712. The number of carbonyl (C=O) groups is 1. The number of ether oxygens (including phenoxy) is 1. The summed E-state index contributed by atoms with van der Waals surface area (Å²) in [5.74, 6) is 0.292. The molecule has 9 heteroatoms. The van der Waals surface area contributed by atoms with Gasteiger partial charge in [-0.25, -0.2) is 4.68 Å². The van der Waals surface area contributed by atoms with Crippen LogP contribution >= 0.6 is 23.2 Å². The molecule has 0 fully saturated rings. The molecule has 0 atom stereocenters. The molecule has 0 radical (unpaired) electrons. The fourth-order valence-corrected chi connectivity index (χ4v) is 4.60. The second kappa shape index (κ2) is 7.49. The van der Waals surface area contributed by atoms with Crippen LogP contribution in [0.4, 0.5) is 5.69 Å². The molecule has 154 valence electrons. The summed E-state index contributed by atoms with van der Waals surface area (Å²) in [4.78, 5) is 31.6. The van der Waals surface area contributed by atoms with Crippen molar-refractivity contribution < 1.29 is 9.53 Å². The minimum atomic E-state index is -0.194. The van der Waals surface area contributed by atoms with Gasteiger partial charge in [-0.3, -0.25) is 24.2 Å². The molecular formula is C21H18Cl2N4O3. The fourth-order valence-electron chi connectivity index (χ4n) is 3.99. The monoisotopic (exact) mass is 444 g/mol. The van der Waals surface area contributed by atoms with Crippen molar-refractivity contribution in [3.8, 4) is 16.9 Å². The average molecular weight is 445 g/mol. The Balaban J connectivity index is 1.64. The fraction of sp³-hybridized carbons (Fsp3) is 0.286.